The van der Waals surface area contributed by atoms with Crippen molar-refractivity contribution in [2.75, 3.05) is 6.61 Å². The number of rotatable bonds is 6. The molecule has 0 radical (unpaired) electrons. The van der Waals surface area contributed by atoms with Gasteiger partial charge in [0.05, 0.1) is 12.6 Å². The first-order valence-electron chi connectivity index (χ1n) is 6.44. The summed E-state index contributed by atoms with van der Waals surface area (Å²) in [5.41, 5.74) is -0.335. The van der Waals surface area contributed by atoms with Crippen LogP contribution in [0.5, 0.6) is 6.01 Å². The highest BCUT2D eigenvalue weighted by molar-refractivity contribution is 7.60. The number of nitrogens with zero attached hydrogens (tertiary/aromatic N) is 2. The molecule has 16 heteroatoms. The molecule has 0 saturated carbocycles. The monoisotopic (exact) mass is 401 g/mol. The number of aliphatic hydroxyl groups is 2. The van der Waals surface area contributed by atoms with Crippen LogP contribution in [-0.2, 0) is 22.7 Å². The second kappa shape index (κ2) is 7.21. The standard InChI is InChI=1S/C9H15N3O11P2/c10-5-1-2-12(9(15)11-5)8-7(14)6(13)4(22-8)3-21-25(19,20)23-24(16,17)18/h1-2,4,6-8,13-14H,3H2,(H,19,20)(H2,10,11,15)(H2,16,17,18)/p-2/t4-,6-,7-,8-/m1/s1. The van der Waals surface area contributed by atoms with E-state index in [2.05, 4.69) is 13.8 Å². The molecule has 14 nitrogen and oxygen atoms in total. The Morgan fingerprint density at radius 1 is 1.36 bits per heavy atom. The van der Waals surface area contributed by atoms with Gasteiger partial charge >= 0.3 is 7.82 Å². The first kappa shape index (κ1) is 20.1. The molecule has 2 rings (SSSR count). The van der Waals surface area contributed by atoms with Crippen LogP contribution >= 0.6 is 15.6 Å². The molecule has 1 aliphatic rings. The molecule has 6 atom stereocenters. The van der Waals surface area contributed by atoms with Crippen molar-refractivity contribution in [3.63, 3.8) is 0 Å². The fourth-order valence-electron chi connectivity index (χ4n) is 2.02. The van der Waals surface area contributed by atoms with Crippen molar-refractivity contribution in [3.8, 4) is 6.01 Å². The van der Waals surface area contributed by atoms with Gasteiger partial charge in [0.2, 0.25) is 0 Å². The zero-order chi connectivity index (χ0) is 19.0. The molecule has 0 aliphatic carbocycles. The number of phosphoric acid groups is 2. The molecule has 0 spiro atoms. The minimum Gasteiger partial charge on any atom is -0.846 e. The molecule has 2 heterocycles. The second-order valence-corrected chi connectivity index (χ2v) is 7.65. The number of aromatic nitrogens is 2. The lowest BCUT2D eigenvalue weighted by Crippen LogP contribution is -2.34. The topological polar surface area (TPSA) is 231 Å². The lowest BCUT2D eigenvalue weighted by atomic mass is 10.1. The number of ether oxygens (including phenoxy) is 1. The molecule has 1 aromatic heterocycles. The molecule has 1 saturated heterocycles. The highest BCUT2D eigenvalue weighted by Gasteiger charge is 2.45. The smallest absolute Gasteiger partial charge is 0.478 e. The number of phosphoric ester groups is 1. The van der Waals surface area contributed by atoms with Gasteiger partial charge in [0.1, 0.15) is 23.8 Å². The summed E-state index contributed by atoms with van der Waals surface area (Å²) in [6.45, 7) is -0.915. The van der Waals surface area contributed by atoms with Crippen LogP contribution in [0.3, 0.4) is 0 Å². The maximum atomic E-state index is 11.7. The number of nitrogens with one attached hydrogen (secondary N) is 1. The summed E-state index contributed by atoms with van der Waals surface area (Å²) in [4.78, 5) is 31.2. The molecular weight excluding hydrogens is 388 g/mol. The number of hydrogen-bond donors (Lipinski definition) is 5. The third-order valence-corrected chi connectivity index (χ3v) is 5.18. The van der Waals surface area contributed by atoms with Gasteiger partial charge in [0, 0.05) is 6.20 Å². The van der Waals surface area contributed by atoms with Gasteiger partial charge in [-0.1, -0.05) is 0 Å². The Hall–Kier alpha value is -1.18. The van der Waals surface area contributed by atoms with Crippen molar-refractivity contribution in [1.82, 2.24) is 9.55 Å². The van der Waals surface area contributed by atoms with E-state index in [1.165, 1.54) is 0 Å². The largest absolute Gasteiger partial charge is 0.846 e. The van der Waals surface area contributed by atoms with Crippen molar-refractivity contribution < 1.29 is 52.7 Å². The Labute approximate surface area is 139 Å². The molecular formula is C9H13N3O11P2-2. The molecule has 0 amide bonds. The SMILES string of the molecule is N=c1ccn([C@@H]2O[C@H](COP(=O)(O)OP(=O)([O-])O)[C@@H](O)[C@H]2O)c([O-])n1. The molecule has 1 aromatic rings. The summed E-state index contributed by atoms with van der Waals surface area (Å²) in [5.74, 6) is 0. The molecule has 142 valence electrons. The van der Waals surface area contributed by atoms with Gasteiger partial charge in [0.15, 0.2) is 6.23 Å². The molecule has 2 unspecified atom stereocenters. The van der Waals surface area contributed by atoms with Crippen molar-refractivity contribution in [2.45, 2.75) is 24.5 Å². The van der Waals surface area contributed by atoms with Crippen LogP contribution in [0.2, 0.25) is 0 Å². The maximum absolute atomic E-state index is 11.7. The summed E-state index contributed by atoms with van der Waals surface area (Å²) < 4.78 is 35.4. The van der Waals surface area contributed by atoms with E-state index >= 15 is 0 Å². The van der Waals surface area contributed by atoms with E-state index in [1.807, 2.05) is 0 Å². The summed E-state index contributed by atoms with van der Waals surface area (Å²) in [6.07, 6.45) is -5.14. The molecule has 5 N–H and O–H groups in total. The van der Waals surface area contributed by atoms with Crippen molar-refractivity contribution in [3.05, 3.63) is 17.8 Å². The van der Waals surface area contributed by atoms with Gasteiger partial charge in [-0.05, 0) is 6.07 Å². The Kier molecular flexibility index (Phi) is 5.81. The lowest BCUT2D eigenvalue weighted by molar-refractivity contribution is -0.292. The van der Waals surface area contributed by atoms with E-state index < -0.39 is 52.8 Å². The van der Waals surface area contributed by atoms with Crippen LogP contribution in [0.1, 0.15) is 6.23 Å². The first-order chi connectivity index (χ1) is 11.4. The van der Waals surface area contributed by atoms with Gasteiger partial charge in [-0.25, -0.2) is 13.9 Å². The molecule has 0 bridgehead atoms. The molecule has 1 fully saturated rings. The Balaban J connectivity index is 2.08. The van der Waals surface area contributed by atoms with Crippen LogP contribution in [-0.4, -0.2) is 54.5 Å². The van der Waals surface area contributed by atoms with Crippen LogP contribution in [0.15, 0.2) is 12.3 Å². The van der Waals surface area contributed by atoms with Gasteiger partial charge in [-0.3, -0.25) is 14.5 Å². The van der Waals surface area contributed by atoms with E-state index in [0.29, 0.717) is 0 Å². The average molecular weight is 401 g/mol. The Bertz CT molecular complexity index is 778. The minimum atomic E-state index is -5.56. The van der Waals surface area contributed by atoms with Gasteiger partial charge in [-0.2, -0.15) is 0 Å². The third-order valence-electron chi connectivity index (χ3n) is 3.05. The van der Waals surface area contributed by atoms with E-state index in [0.717, 1.165) is 16.8 Å². The third kappa shape index (κ3) is 5.15. The van der Waals surface area contributed by atoms with E-state index in [1.54, 1.807) is 0 Å². The quantitative estimate of drug-likeness (QED) is 0.294. The predicted octanol–water partition coefficient (Wildman–Crippen LogP) is -3.35. The summed E-state index contributed by atoms with van der Waals surface area (Å²) in [7, 11) is -10.8. The number of hydrogen-bond acceptors (Lipinski definition) is 11. The van der Waals surface area contributed by atoms with Crippen LogP contribution in [0.4, 0.5) is 0 Å². The zero-order valence-electron chi connectivity index (χ0n) is 12.1. The zero-order valence-corrected chi connectivity index (χ0v) is 13.9. The predicted molar refractivity (Wildman–Crippen MR) is 70.1 cm³/mol. The average Bonchev–Trinajstić information content (AvgIpc) is 2.71. The second-order valence-electron chi connectivity index (χ2n) is 4.86. The summed E-state index contributed by atoms with van der Waals surface area (Å²) in [6, 6.07) is 0.172. The van der Waals surface area contributed by atoms with E-state index in [4.69, 9.17) is 19.9 Å². The van der Waals surface area contributed by atoms with E-state index in [-0.39, 0.29) is 5.49 Å². The van der Waals surface area contributed by atoms with Gasteiger partial charge in [-0.15, -0.1) is 0 Å². The van der Waals surface area contributed by atoms with Gasteiger partial charge in [0.25, 0.3) is 7.82 Å². The molecule has 1 aliphatic heterocycles. The number of aliphatic hydroxyl groups excluding tert-OH is 2. The van der Waals surface area contributed by atoms with Crippen LogP contribution in [0, 0.1) is 5.41 Å². The Morgan fingerprint density at radius 2 is 2.00 bits per heavy atom. The maximum Gasteiger partial charge on any atom is 0.478 e. The van der Waals surface area contributed by atoms with Crippen molar-refractivity contribution >= 4 is 15.6 Å². The van der Waals surface area contributed by atoms with E-state index in [9.17, 15) is 29.3 Å². The highest BCUT2D eigenvalue weighted by atomic mass is 31.3. The Morgan fingerprint density at radius 3 is 2.56 bits per heavy atom. The highest BCUT2D eigenvalue weighted by Crippen LogP contribution is 2.55. The first-order valence-corrected chi connectivity index (χ1v) is 9.43. The minimum absolute atomic E-state index is 0.335. The van der Waals surface area contributed by atoms with Crippen LogP contribution in [0.25, 0.3) is 0 Å². The normalized spacial score (nSPS) is 31.4. The summed E-state index contributed by atoms with van der Waals surface area (Å²) >= 11 is 0. The fourth-order valence-corrected chi connectivity index (χ4v) is 3.59. The summed E-state index contributed by atoms with van der Waals surface area (Å²) in [5, 5.41) is 38.7. The van der Waals surface area contributed by atoms with Crippen molar-refractivity contribution in [1.29, 1.82) is 5.41 Å². The molecule has 0 aromatic carbocycles. The van der Waals surface area contributed by atoms with Crippen molar-refractivity contribution in [2.24, 2.45) is 0 Å². The van der Waals surface area contributed by atoms with Crippen LogP contribution < -0.4 is 15.5 Å². The van der Waals surface area contributed by atoms with Gasteiger partial charge < -0.3 is 39.3 Å². The lowest BCUT2D eigenvalue weighted by Gasteiger charge is -2.23. The molecule has 25 heavy (non-hydrogen) atoms. The fraction of sp³-hybridized carbons (Fsp3) is 0.556.